The summed E-state index contributed by atoms with van der Waals surface area (Å²) in [6.07, 6.45) is 3.65. The van der Waals surface area contributed by atoms with Gasteiger partial charge < -0.3 is 14.6 Å². The zero-order valence-corrected chi connectivity index (χ0v) is 17.6. The maximum Gasteiger partial charge on any atom is 0.270 e. The van der Waals surface area contributed by atoms with Crippen LogP contribution in [0.5, 0.6) is 5.75 Å². The average molecular weight is 371 g/mol. The molecular weight excluding hydrogens is 336 g/mol. The van der Waals surface area contributed by atoms with Gasteiger partial charge in [-0.15, -0.1) is 0 Å². The summed E-state index contributed by atoms with van der Waals surface area (Å²) in [5.41, 5.74) is 1.54. The molecule has 1 aliphatic heterocycles. The number of unbranched alkanes of at least 4 members (excludes halogenated alkanes) is 1. The molecule has 2 aromatic rings. The van der Waals surface area contributed by atoms with Crippen molar-refractivity contribution < 1.29 is 9.53 Å². The summed E-state index contributed by atoms with van der Waals surface area (Å²) in [6.45, 7) is 12.2. The largest absolute Gasteiger partial charge is 0.496 e. The van der Waals surface area contributed by atoms with E-state index in [1.807, 2.05) is 24.3 Å². The van der Waals surface area contributed by atoms with Gasteiger partial charge in [-0.1, -0.05) is 53.5 Å². The molecule has 2 heterocycles. The molecule has 1 atom stereocenters. The van der Waals surface area contributed by atoms with Crippen LogP contribution in [0.4, 0.5) is 0 Å². The summed E-state index contributed by atoms with van der Waals surface area (Å²) in [4.78, 5) is 19.0. The van der Waals surface area contributed by atoms with Gasteiger partial charge in [-0.2, -0.15) is 0 Å². The molecule has 3 rings (SSSR count). The number of nitrogens with one attached hydrogen (secondary N) is 1. The van der Waals surface area contributed by atoms with E-state index in [9.17, 15) is 4.79 Å². The van der Waals surface area contributed by atoms with Crippen LogP contribution in [0.25, 0.3) is 10.9 Å². The standard InChI is InChI=1S/C23H34N2O2/c1-7-8-10-17-14-25(23(17,15(2)3)16(4)5)22(26)20-13-18-19(24-20)11-9-12-21(18)27-6/h9,11-13,15-17,24H,7-8,10,14H2,1-6H3. The van der Waals surface area contributed by atoms with Gasteiger partial charge in [0.1, 0.15) is 11.4 Å². The molecule has 1 amide bonds. The molecule has 148 valence electrons. The van der Waals surface area contributed by atoms with Gasteiger partial charge in [-0.05, 0) is 36.5 Å². The number of likely N-dealkylation sites (tertiary alicyclic amines) is 1. The van der Waals surface area contributed by atoms with Crippen molar-refractivity contribution in [2.45, 2.75) is 59.4 Å². The van der Waals surface area contributed by atoms with Crippen LogP contribution in [0.2, 0.25) is 0 Å². The van der Waals surface area contributed by atoms with Gasteiger partial charge >= 0.3 is 0 Å². The number of ether oxygens (including phenoxy) is 1. The summed E-state index contributed by atoms with van der Waals surface area (Å²) >= 11 is 0. The van der Waals surface area contributed by atoms with Crippen molar-refractivity contribution >= 4 is 16.8 Å². The Hall–Kier alpha value is -1.97. The molecule has 1 unspecified atom stereocenters. The Bertz CT molecular complexity index is 798. The number of benzene rings is 1. The second-order valence-electron chi connectivity index (χ2n) is 8.56. The highest BCUT2D eigenvalue weighted by atomic mass is 16.5. The minimum Gasteiger partial charge on any atom is -0.496 e. The minimum absolute atomic E-state index is 0.0619. The molecule has 0 saturated carbocycles. The van der Waals surface area contributed by atoms with Gasteiger partial charge in [0.15, 0.2) is 0 Å². The van der Waals surface area contributed by atoms with E-state index in [0.29, 0.717) is 23.4 Å². The van der Waals surface area contributed by atoms with E-state index < -0.39 is 0 Å². The number of hydrogen-bond donors (Lipinski definition) is 1. The molecular formula is C23H34N2O2. The summed E-state index contributed by atoms with van der Waals surface area (Å²) in [6, 6.07) is 7.82. The second-order valence-corrected chi connectivity index (χ2v) is 8.56. The fourth-order valence-corrected chi connectivity index (χ4v) is 5.46. The Morgan fingerprint density at radius 2 is 2.00 bits per heavy atom. The number of hydrogen-bond acceptors (Lipinski definition) is 2. The van der Waals surface area contributed by atoms with Gasteiger partial charge in [-0.3, -0.25) is 4.79 Å². The molecule has 0 spiro atoms. The Morgan fingerprint density at radius 3 is 2.59 bits per heavy atom. The van der Waals surface area contributed by atoms with Gasteiger partial charge in [0.25, 0.3) is 5.91 Å². The van der Waals surface area contributed by atoms with E-state index in [1.54, 1.807) is 7.11 Å². The predicted octanol–water partition coefficient (Wildman–Crippen LogP) is 5.49. The fraction of sp³-hybridized carbons (Fsp3) is 0.609. The first kappa shape index (κ1) is 19.8. The predicted molar refractivity (Wildman–Crippen MR) is 111 cm³/mol. The zero-order valence-electron chi connectivity index (χ0n) is 17.6. The SMILES string of the molecule is CCCCC1CN(C(=O)c2cc3c(OC)cccc3[nH]2)C1(C(C)C)C(C)C. The van der Waals surface area contributed by atoms with E-state index in [1.165, 1.54) is 19.3 Å². The summed E-state index contributed by atoms with van der Waals surface area (Å²) in [5.74, 6) is 2.35. The number of carbonyl (C=O) groups excluding carboxylic acids is 1. The molecule has 0 radical (unpaired) electrons. The molecule has 0 aliphatic carbocycles. The fourth-order valence-electron chi connectivity index (χ4n) is 5.46. The summed E-state index contributed by atoms with van der Waals surface area (Å²) < 4.78 is 5.46. The lowest BCUT2D eigenvalue weighted by Gasteiger charge is -2.64. The van der Waals surface area contributed by atoms with Gasteiger partial charge in [-0.25, -0.2) is 0 Å². The van der Waals surface area contributed by atoms with Crippen LogP contribution in [0.3, 0.4) is 0 Å². The highest BCUT2D eigenvalue weighted by Crippen LogP contribution is 2.50. The minimum atomic E-state index is -0.0619. The quantitative estimate of drug-likeness (QED) is 0.700. The molecule has 1 fully saturated rings. The van der Waals surface area contributed by atoms with Crippen LogP contribution < -0.4 is 4.74 Å². The molecule has 1 aliphatic rings. The Morgan fingerprint density at radius 1 is 1.30 bits per heavy atom. The monoisotopic (exact) mass is 370 g/mol. The van der Waals surface area contributed by atoms with Gasteiger partial charge in [0.05, 0.1) is 12.6 Å². The molecule has 1 aromatic carbocycles. The van der Waals surface area contributed by atoms with Crippen LogP contribution >= 0.6 is 0 Å². The number of aromatic amines is 1. The first-order valence-corrected chi connectivity index (χ1v) is 10.4. The van der Waals surface area contributed by atoms with Crippen molar-refractivity contribution in [3.63, 3.8) is 0 Å². The van der Waals surface area contributed by atoms with Crippen molar-refractivity contribution in [3.05, 3.63) is 30.0 Å². The molecule has 4 heteroatoms. The van der Waals surface area contributed by atoms with E-state index >= 15 is 0 Å². The maximum absolute atomic E-state index is 13.5. The first-order valence-electron chi connectivity index (χ1n) is 10.4. The molecule has 27 heavy (non-hydrogen) atoms. The van der Waals surface area contributed by atoms with E-state index in [4.69, 9.17) is 4.74 Å². The van der Waals surface area contributed by atoms with E-state index in [2.05, 4.69) is 44.5 Å². The highest BCUT2D eigenvalue weighted by Gasteiger charge is 2.58. The van der Waals surface area contributed by atoms with Crippen LogP contribution in [0.15, 0.2) is 24.3 Å². The third-order valence-corrected chi connectivity index (χ3v) is 6.60. The molecule has 0 bridgehead atoms. The maximum atomic E-state index is 13.5. The summed E-state index contributed by atoms with van der Waals surface area (Å²) in [7, 11) is 1.67. The van der Waals surface area contributed by atoms with Crippen LogP contribution in [0, 0.1) is 17.8 Å². The molecule has 1 N–H and O–H groups in total. The molecule has 4 nitrogen and oxygen atoms in total. The van der Waals surface area contributed by atoms with Gasteiger partial charge in [0, 0.05) is 23.4 Å². The average Bonchev–Trinajstić information content (AvgIpc) is 3.04. The first-order chi connectivity index (χ1) is 12.9. The smallest absolute Gasteiger partial charge is 0.270 e. The Balaban J connectivity index is 1.96. The number of H-pyrrole nitrogens is 1. The summed E-state index contributed by atoms with van der Waals surface area (Å²) in [5, 5.41) is 0.964. The van der Waals surface area contributed by atoms with Crippen LogP contribution in [-0.2, 0) is 0 Å². The Labute approximate surface area is 163 Å². The number of fused-ring (bicyclic) bond motifs is 1. The van der Waals surface area contributed by atoms with Crippen molar-refractivity contribution in [2.75, 3.05) is 13.7 Å². The topological polar surface area (TPSA) is 45.3 Å². The normalized spacial score (nSPS) is 19.0. The number of rotatable bonds is 7. The number of methoxy groups -OCH3 is 1. The third kappa shape index (κ3) is 3.03. The molecule has 1 saturated heterocycles. The lowest BCUT2D eigenvalue weighted by molar-refractivity contribution is -0.118. The number of carbonyl (C=O) groups is 1. The van der Waals surface area contributed by atoms with Crippen LogP contribution in [-0.4, -0.2) is 35.0 Å². The van der Waals surface area contributed by atoms with Crippen molar-refractivity contribution in [1.29, 1.82) is 0 Å². The van der Waals surface area contributed by atoms with Crippen molar-refractivity contribution in [2.24, 2.45) is 17.8 Å². The lowest BCUT2D eigenvalue weighted by atomic mass is 9.59. The Kier molecular flexibility index (Phi) is 5.55. The lowest BCUT2D eigenvalue weighted by Crippen LogP contribution is -2.73. The van der Waals surface area contributed by atoms with Crippen LogP contribution in [0.1, 0.15) is 64.4 Å². The van der Waals surface area contributed by atoms with Crippen molar-refractivity contribution in [1.82, 2.24) is 9.88 Å². The van der Waals surface area contributed by atoms with Gasteiger partial charge in [0.2, 0.25) is 0 Å². The highest BCUT2D eigenvalue weighted by molar-refractivity contribution is 6.00. The number of aromatic nitrogens is 1. The van der Waals surface area contributed by atoms with E-state index in [-0.39, 0.29) is 11.4 Å². The third-order valence-electron chi connectivity index (χ3n) is 6.60. The zero-order chi connectivity index (χ0) is 19.8. The molecule has 1 aromatic heterocycles. The second kappa shape index (κ2) is 7.57. The van der Waals surface area contributed by atoms with Crippen molar-refractivity contribution in [3.8, 4) is 5.75 Å². The van der Waals surface area contributed by atoms with E-state index in [0.717, 1.165) is 23.2 Å². The number of nitrogens with zero attached hydrogens (tertiary/aromatic N) is 1. The number of amides is 1.